The number of aliphatic carboxylic acids is 1. The number of carbonyl (C=O) groups is 2. The number of amides is 2. The number of carboxylic acids is 1. The monoisotopic (exact) mass is 337 g/mol. The molecule has 24 heavy (non-hydrogen) atoms. The fraction of sp³-hybridized carbons (Fsp3) is 0.529. The molecule has 2 N–H and O–H groups in total. The van der Waals surface area contributed by atoms with E-state index in [0.29, 0.717) is 13.1 Å². The van der Waals surface area contributed by atoms with Crippen LogP contribution in [-0.4, -0.2) is 59.1 Å². The Morgan fingerprint density at radius 1 is 1.38 bits per heavy atom. The average molecular weight is 337 g/mol. The highest BCUT2D eigenvalue weighted by atomic mass is 19.1. The first-order valence-electron chi connectivity index (χ1n) is 8.11. The van der Waals surface area contributed by atoms with E-state index in [1.54, 1.807) is 19.2 Å². The molecular formula is C17H24FN3O3. The van der Waals surface area contributed by atoms with Gasteiger partial charge in [-0.25, -0.2) is 9.18 Å². The van der Waals surface area contributed by atoms with Crippen LogP contribution in [0.5, 0.6) is 0 Å². The number of urea groups is 1. The molecule has 2 rings (SSSR count). The molecule has 0 aliphatic heterocycles. The van der Waals surface area contributed by atoms with Crippen molar-refractivity contribution in [3.8, 4) is 0 Å². The van der Waals surface area contributed by atoms with Gasteiger partial charge in [-0.2, -0.15) is 0 Å². The minimum atomic E-state index is -0.834. The summed E-state index contributed by atoms with van der Waals surface area (Å²) in [7, 11) is 1.67. The van der Waals surface area contributed by atoms with Crippen LogP contribution in [0, 0.1) is 5.82 Å². The lowest BCUT2D eigenvalue weighted by Crippen LogP contribution is -2.56. The van der Waals surface area contributed by atoms with Gasteiger partial charge in [-0.05, 0) is 37.1 Å². The number of carbonyl (C=O) groups excluding carboxylic acids is 1. The molecule has 0 bridgehead atoms. The molecule has 6 nitrogen and oxygen atoms in total. The van der Waals surface area contributed by atoms with Crippen molar-refractivity contribution < 1.29 is 19.1 Å². The van der Waals surface area contributed by atoms with E-state index >= 15 is 0 Å². The molecule has 7 heteroatoms. The van der Waals surface area contributed by atoms with Crippen LogP contribution in [0.2, 0.25) is 0 Å². The summed E-state index contributed by atoms with van der Waals surface area (Å²) in [6.07, 6.45) is 1.50. The lowest BCUT2D eigenvalue weighted by molar-refractivity contribution is -0.139. The zero-order chi connectivity index (χ0) is 17.7. The Bertz CT molecular complexity index is 590. The molecule has 0 spiro atoms. The summed E-state index contributed by atoms with van der Waals surface area (Å²) in [6, 6.07) is 6.23. The van der Waals surface area contributed by atoms with E-state index in [0.717, 1.165) is 18.4 Å². The van der Waals surface area contributed by atoms with E-state index < -0.39 is 5.97 Å². The molecule has 0 atom stereocenters. The van der Waals surface area contributed by atoms with E-state index in [4.69, 9.17) is 5.11 Å². The molecule has 2 amide bonds. The summed E-state index contributed by atoms with van der Waals surface area (Å²) in [4.78, 5) is 26.4. The summed E-state index contributed by atoms with van der Waals surface area (Å²) in [5, 5.41) is 11.8. The number of nitrogens with zero attached hydrogens (tertiary/aromatic N) is 2. The zero-order valence-electron chi connectivity index (χ0n) is 14.0. The zero-order valence-corrected chi connectivity index (χ0v) is 14.0. The van der Waals surface area contributed by atoms with Crippen LogP contribution in [0.4, 0.5) is 9.18 Å². The first kappa shape index (κ1) is 18.2. The fourth-order valence-electron chi connectivity index (χ4n) is 2.94. The third kappa shape index (κ3) is 4.92. The summed E-state index contributed by atoms with van der Waals surface area (Å²) in [5.74, 6) is -1.15. The van der Waals surface area contributed by atoms with E-state index in [2.05, 4.69) is 5.32 Å². The number of nitrogens with one attached hydrogen (secondary N) is 1. The number of halogens is 1. The lowest BCUT2D eigenvalue weighted by atomic mass is 9.85. The molecule has 0 heterocycles. The van der Waals surface area contributed by atoms with Gasteiger partial charge in [-0.15, -0.1) is 0 Å². The molecule has 0 saturated heterocycles. The number of likely N-dealkylation sites (N-methyl/N-ethyl adjacent to an activating group) is 1. The summed E-state index contributed by atoms with van der Waals surface area (Å²) < 4.78 is 13.2. The van der Waals surface area contributed by atoms with Crippen LogP contribution >= 0.6 is 0 Å². The van der Waals surface area contributed by atoms with Gasteiger partial charge in [-0.3, -0.25) is 9.69 Å². The second kappa shape index (κ2) is 8.10. The molecule has 0 radical (unpaired) electrons. The lowest BCUT2D eigenvalue weighted by Gasteiger charge is -2.42. The van der Waals surface area contributed by atoms with Gasteiger partial charge >= 0.3 is 12.0 Å². The maximum atomic E-state index is 13.2. The predicted octanol–water partition coefficient (Wildman–Crippen LogP) is 1.90. The van der Waals surface area contributed by atoms with Crippen LogP contribution in [0.3, 0.4) is 0 Å². The van der Waals surface area contributed by atoms with Crippen molar-refractivity contribution in [1.29, 1.82) is 0 Å². The smallest absolute Gasteiger partial charge is 0.317 e. The SMILES string of the molecule is CCN(CC(=O)O)C1CC(NC(=O)N(C)Cc2cccc(F)c2)C1. The third-order valence-corrected chi connectivity index (χ3v) is 4.36. The highest BCUT2D eigenvalue weighted by molar-refractivity contribution is 5.74. The first-order chi connectivity index (χ1) is 11.4. The van der Waals surface area contributed by atoms with E-state index in [-0.39, 0.29) is 30.5 Å². The fourth-order valence-corrected chi connectivity index (χ4v) is 2.94. The Morgan fingerprint density at radius 2 is 2.08 bits per heavy atom. The number of hydrogen-bond donors (Lipinski definition) is 2. The van der Waals surface area contributed by atoms with Crippen LogP contribution in [0.15, 0.2) is 24.3 Å². The normalized spacial score (nSPS) is 19.7. The molecular weight excluding hydrogens is 313 g/mol. The van der Waals surface area contributed by atoms with Crippen molar-refractivity contribution in [2.45, 2.75) is 38.4 Å². The van der Waals surface area contributed by atoms with Crippen molar-refractivity contribution in [3.63, 3.8) is 0 Å². The van der Waals surface area contributed by atoms with E-state index in [1.165, 1.54) is 17.0 Å². The minimum absolute atomic E-state index is 0.0291. The van der Waals surface area contributed by atoms with Gasteiger partial charge in [0.1, 0.15) is 5.82 Å². The van der Waals surface area contributed by atoms with Crippen LogP contribution in [-0.2, 0) is 11.3 Å². The molecule has 0 unspecified atom stereocenters. The van der Waals surface area contributed by atoms with Crippen LogP contribution < -0.4 is 5.32 Å². The van der Waals surface area contributed by atoms with Gasteiger partial charge in [0, 0.05) is 25.7 Å². The average Bonchev–Trinajstić information content (AvgIpc) is 2.48. The van der Waals surface area contributed by atoms with Gasteiger partial charge in [0.05, 0.1) is 6.54 Å². The topological polar surface area (TPSA) is 72.9 Å². The molecule has 1 saturated carbocycles. The first-order valence-corrected chi connectivity index (χ1v) is 8.11. The second-order valence-corrected chi connectivity index (χ2v) is 6.21. The summed E-state index contributed by atoms with van der Waals surface area (Å²) in [6.45, 7) is 2.97. The molecule has 0 aromatic heterocycles. The van der Waals surface area contributed by atoms with Crippen molar-refractivity contribution >= 4 is 12.0 Å². The summed E-state index contributed by atoms with van der Waals surface area (Å²) in [5.41, 5.74) is 0.734. The Balaban J connectivity index is 1.76. The van der Waals surface area contributed by atoms with Gasteiger partial charge < -0.3 is 15.3 Å². The minimum Gasteiger partial charge on any atom is -0.480 e. The van der Waals surface area contributed by atoms with Gasteiger partial charge in [0.25, 0.3) is 0 Å². The highest BCUT2D eigenvalue weighted by Crippen LogP contribution is 2.25. The molecule has 132 valence electrons. The van der Waals surface area contributed by atoms with Crippen LogP contribution in [0.1, 0.15) is 25.3 Å². The standard InChI is InChI=1S/C17H24FN3O3/c1-3-21(11-16(22)23)15-8-14(9-15)19-17(24)20(2)10-12-5-4-6-13(18)7-12/h4-7,14-15H,3,8-11H2,1-2H3,(H,19,24)(H,22,23). The summed E-state index contributed by atoms with van der Waals surface area (Å²) >= 11 is 0. The number of hydrogen-bond acceptors (Lipinski definition) is 3. The van der Waals surface area contributed by atoms with Gasteiger partial charge in [0.2, 0.25) is 0 Å². The number of benzene rings is 1. The molecule has 1 aromatic carbocycles. The maximum absolute atomic E-state index is 13.2. The van der Waals surface area contributed by atoms with Crippen molar-refractivity contribution in [3.05, 3.63) is 35.6 Å². The van der Waals surface area contributed by atoms with Gasteiger partial charge in [-0.1, -0.05) is 19.1 Å². The maximum Gasteiger partial charge on any atom is 0.317 e. The van der Waals surface area contributed by atoms with E-state index in [9.17, 15) is 14.0 Å². The van der Waals surface area contributed by atoms with Crippen molar-refractivity contribution in [2.75, 3.05) is 20.1 Å². The highest BCUT2D eigenvalue weighted by Gasteiger charge is 2.35. The Labute approximate surface area is 141 Å². The molecule has 1 fully saturated rings. The van der Waals surface area contributed by atoms with Crippen LogP contribution in [0.25, 0.3) is 0 Å². The van der Waals surface area contributed by atoms with Crippen molar-refractivity contribution in [2.24, 2.45) is 0 Å². The predicted molar refractivity (Wildman–Crippen MR) is 88.1 cm³/mol. The largest absolute Gasteiger partial charge is 0.480 e. The number of carboxylic acid groups (broad SMARTS) is 1. The Morgan fingerprint density at radius 3 is 2.67 bits per heavy atom. The molecule has 1 aliphatic rings. The van der Waals surface area contributed by atoms with Gasteiger partial charge in [0.15, 0.2) is 0 Å². The quantitative estimate of drug-likeness (QED) is 0.797. The molecule has 1 aliphatic carbocycles. The third-order valence-electron chi connectivity index (χ3n) is 4.36. The van der Waals surface area contributed by atoms with E-state index in [1.807, 2.05) is 11.8 Å². The Hall–Kier alpha value is -2.15. The second-order valence-electron chi connectivity index (χ2n) is 6.21. The van der Waals surface area contributed by atoms with Crippen molar-refractivity contribution in [1.82, 2.24) is 15.1 Å². The number of rotatable bonds is 7. The Kier molecular flexibility index (Phi) is 6.14. The molecule has 1 aromatic rings.